The Morgan fingerprint density at radius 3 is 2.11 bits per heavy atom. The van der Waals surface area contributed by atoms with Gasteiger partial charge in [-0.3, -0.25) is 9.52 Å². The van der Waals surface area contributed by atoms with Crippen molar-refractivity contribution >= 4 is 17.9 Å². The molecule has 0 spiro atoms. The van der Waals surface area contributed by atoms with E-state index in [-0.39, 0.29) is 10.7 Å². The molecule has 2 aliphatic rings. The monoisotopic (exact) mass is 296 g/mol. The van der Waals surface area contributed by atoms with Gasteiger partial charge >= 0.3 is 0 Å². The van der Waals surface area contributed by atoms with Crippen LogP contribution in [0.25, 0.3) is 0 Å². The Hall–Kier alpha value is -0.360. The predicted molar refractivity (Wildman–Crippen MR) is 77.3 cm³/mol. The van der Waals surface area contributed by atoms with Crippen LogP contribution in [0.3, 0.4) is 0 Å². The van der Waals surface area contributed by atoms with E-state index in [1.165, 1.54) is 11.9 Å². The van der Waals surface area contributed by atoms with Gasteiger partial charge in [0.2, 0.25) is 12.3 Å². The zero-order valence-electron chi connectivity index (χ0n) is 12.4. The average molecular weight is 296 g/mol. The van der Waals surface area contributed by atoms with Crippen LogP contribution >= 0.6 is 11.9 Å². The van der Waals surface area contributed by atoms with Crippen molar-refractivity contribution in [3.8, 4) is 0 Å². The third-order valence-corrected chi connectivity index (χ3v) is 4.06. The summed E-state index contributed by atoms with van der Waals surface area (Å²) in [7, 11) is 3.75. The molecule has 2 N–H and O–H groups in total. The van der Waals surface area contributed by atoms with Gasteiger partial charge in [-0.05, 0) is 52.2 Å². The zero-order valence-corrected chi connectivity index (χ0v) is 13.2. The first-order chi connectivity index (χ1) is 8.93. The van der Waals surface area contributed by atoms with E-state index < -0.39 is 18.3 Å². The first kappa shape index (κ1) is 18.6. The number of alkyl halides is 2. The van der Waals surface area contributed by atoms with Crippen LogP contribution in [0.1, 0.15) is 40.0 Å². The van der Waals surface area contributed by atoms with E-state index in [1.807, 2.05) is 27.9 Å². The van der Waals surface area contributed by atoms with Gasteiger partial charge in [-0.25, -0.2) is 8.78 Å². The Bertz CT molecular complexity index is 273. The molecule has 0 aromatic rings. The molecule has 0 bridgehead atoms. The van der Waals surface area contributed by atoms with Gasteiger partial charge in [-0.1, -0.05) is 13.8 Å². The number of hydrogen-bond donors (Lipinski definition) is 2. The zero-order chi connectivity index (χ0) is 15.1. The summed E-state index contributed by atoms with van der Waals surface area (Å²) in [4.78, 5) is 11.3. The van der Waals surface area contributed by atoms with Crippen LogP contribution in [0, 0.1) is 11.8 Å². The SMILES string of the molecule is CC.CC1(SNC(=O)[C@H]2CC2C(F)F)CC1.CNC. The van der Waals surface area contributed by atoms with Crippen LogP contribution in [0.2, 0.25) is 0 Å². The number of carbonyl (C=O) groups is 1. The number of nitrogens with one attached hydrogen (secondary N) is 2. The third-order valence-electron chi connectivity index (χ3n) is 2.85. The summed E-state index contributed by atoms with van der Waals surface area (Å²) in [6.45, 7) is 6.06. The number of halogens is 2. The van der Waals surface area contributed by atoms with Gasteiger partial charge in [-0.15, -0.1) is 0 Å². The standard InChI is InChI=1S/C9H13F2NOS.C2H7N.C2H6/c1-9(2-3-9)14-12-8(13)6-4-5(6)7(10)11;1-3-2;1-2/h5-7H,2-4H2,1H3,(H,12,13);3H,1-2H3;1-2H3/t5?,6-;;/m0../s1. The Kier molecular flexibility index (Phi) is 8.57. The lowest BCUT2D eigenvalue weighted by Crippen LogP contribution is -2.22. The van der Waals surface area contributed by atoms with Crippen LogP contribution in [0.15, 0.2) is 0 Å². The summed E-state index contributed by atoms with van der Waals surface area (Å²) in [5.74, 6) is -1.35. The molecule has 2 atom stereocenters. The molecular weight excluding hydrogens is 270 g/mol. The summed E-state index contributed by atoms with van der Waals surface area (Å²) < 4.78 is 27.1. The molecule has 2 aliphatic carbocycles. The molecule has 3 nitrogen and oxygen atoms in total. The highest BCUT2D eigenvalue weighted by molar-refractivity contribution is 7.99. The topological polar surface area (TPSA) is 41.1 Å². The Morgan fingerprint density at radius 1 is 1.32 bits per heavy atom. The molecular formula is C13H26F2N2OS. The van der Waals surface area contributed by atoms with E-state index >= 15 is 0 Å². The quantitative estimate of drug-likeness (QED) is 0.783. The van der Waals surface area contributed by atoms with Crippen molar-refractivity contribution in [3.63, 3.8) is 0 Å². The van der Waals surface area contributed by atoms with E-state index in [1.54, 1.807) is 0 Å². The normalized spacial score (nSPS) is 25.5. The first-order valence-electron chi connectivity index (χ1n) is 6.78. The fraction of sp³-hybridized carbons (Fsp3) is 0.923. The van der Waals surface area contributed by atoms with Gasteiger partial charge in [0.15, 0.2) is 0 Å². The van der Waals surface area contributed by atoms with Crippen molar-refractivity contribution in [2.75, 3.05) is 14.1 Å². The van der Waals surface area contributed by atoms with Crippen molar-refractivity contribution in [3.05, 3.63) is 0 Å². The van der Waals surface area contributed by atoms with Gasteiger partial charge in [0.05, 0.1) is 0 Å². The van der Waals surface area contributed by atoms with E-state index in [9.17, 15) is 13.6 Å². The largest absolute Gasteiger partial charge is 0.323 e. The van der Waals surface area contributed by atoms with Crippen molar-refractivity contribution in [2.45, 2.75) is 51.2 Å². The second-order valence-electron chi connectivity index (χ2n) is 4.86. The fourth-order valence-corrected chi connectivity index (χ4v) is 2.13. The summed E-state index contributed by atoms with van der Waals surface area (Å²) in [5.41, 5.74) is 0. The molecule has 0 aliphatic heterocycles. The average Bonchev–Trinajstić information content (AvgIpc) is 3.25. The van der Waals surface area contributed by atoms with E-state index in [4.69, 9.17) is 0 Å². The summed E-state index contributed by atoms with van der Waals surface area (Å²) in [6, 6.07) is 0. The number of hydrogen-bond acceptors (Lipinski definition) is 3. The minimum Gasteiger partial charge on any atom is -0.323 e. The molecule has 0 aromatic heterocycles. The van der Waals surface area contributed by atoms with E-state index in [0.29, 0.717) is 6.42 Å². The van der Waals surface area contributed by atoms with Crippen LogP contribution in [0.4, 0.5) is 8.78 Å². The number of rotatable bonds is 4. The third kappa shape index (κ3) is 7.11. The maximum atomic E-state index is 12.1. The Morgan fingerprint density at radius 2 is 1.79 bits per heavy atom. The maximum absolute atomic E-state index is 12.1. The molecule has 114 valence electrons. The van der Waals surface area contributed by atoms with Crippen LogP contribution in [0.5, 0.6) is 0 Å². The highest BCUT2D eigenvalue weighted by Crippen LogP contribution is 2.48. The highest BCUT2D eigenvalue weighted by Gasteiger charge is 2.49. The predicted octanol–water partition coefficient (Wildman–Crippen LogP) is 3.07. The smallest absolute Gasteiger partial charge is 0.242 e. The van der Waals surface area contributed by atoms with Gasteiger partial charge < -0.3 is 5.32 Å². The van der Waals surface area contributed by atoms with Crippen molar-refractivity contribution in [1.29, 1.82) is 0 Å². The number of amides is 1. The first-order valence-corrected chi connectivity index (χ1v) is 7.59. The van der Waals surface area contributed by atoms with Crippen molar-refractivity contribution in [2.24, 2.45) is 11.8 Å². The lowest BCUT2D eigenvalue weighted by atomic mass is 10.3. The minimum absolute atomic E-state index is 0.172. The molecule has 0 heterocycles. The summed E-state index contributed by atoms with van der Waals surface area (Å²) in [5, 5.41) is 2.75. The molecule has 2 fully saturated rings. The molecule has 0 saturated heterocycles. The van der Waals surface area contributed by atoms with Gasteiger partial charge in [0.25, 0.3) is 0 Å². The van der Waals surface area contributed by atoms with Crippen molar-refractivity contribution in [1.82, 2.24) is 10.0 Å². The molecule has 2 rings (SSSR count). The highest BCUT2D eigenvalue weighted by atomic mass is 32.2. The molecule has 1 amide bonds. The molecule has 6 heteroatoms. The second-order valence-corrected chi connectivity index (χ2v) is 6.25. The summed E-state index contributed by atoms with van der Waals surface area (Å²) >= 11 is 1.39. The van der Waals surface area contributed by atoms with Gasteiger partial charge in [0.1, 0.15) is 0 Å². The second kappa shape index (κ2) is 8.74. The van der Waals surface area contributed by atoms with Crippen LogP contribution in [-0.4, -0.2) is 31.2 Å². The Balaban J connectivity index is 0.000000573. The van der Waals surface area contributed by atoms with Crippen LogP contribution < -0.4 is 10.0 Å². The fourth-order valence-electron chi connectivity index (χ4n) is 1.32. The molecule has 19 heavy (non-hydrogen) atoms. The van der Waals surface area contributed by atoms with Gasteiger partial charge in [0, 0.05) is 16.6 Å². The lowest BCUT2D eigenvalue weighted by Gasteiger charge is -2.08. The minimum atomic E-state index is -2.34. The lowest BCUT2D eigenvalue weighted by molar-refractivity contribution is -0.121. The van der Waals surface area contributed by atoms with Gasteiger partial charge in [-0.2, -0.15) is 0 Å². The maximum Gasteiger partial charge on any atom is 0.242 e. The summed E-state index contributed by atoms with van der Waals surface area (Å²) in [6.07, 6.45) is 0.204. The number of carbonyl (C=O) groups excluding carboxylic acids is 1. The molecule has 2 saturated carbocycles. The molecule has 1 unspecified atom stereocenters. The van der Waals surface area contributed by atoms with E-state index in [0.717, 1.165) is 12.8 Å². The van der Waals surface area contributed by atoms with E-state index in [2.05, 4.69) is 17.0 Å². The molecule has 0 radical (unpaired) electrons. The molecule has 0 aromatic carbocycles. The van der Waals surface area contributed by atoms with Crippen LogP contribution in [-0.2, 0) is 4.79 Å². The Labute approximate surface area is 119 Å². The van der Waals surface area contributed by atoms with Crippen molar-refractivity contribution < 1.29 is 13.6 Å².